The third kappa shape index (κ3) is 6.10. The minimum absolute atomic E-state index is 0.0554. The highest BCUT2D eigenvalue weighted by molar-refractivity contribution is 6.18. The van der Waals surface area contributed by atoms with Gasteiger partial charge in [-0.25, -0.2) is 0 Å². The molecule has 0 radical (unpaired) electrons. The largest absolute Gasteiger partial charge is 0.484 e. The predicted octanol–water partition coefficient (Wildman–Crippen LogP) is 1.77. The van der Waals surface area contributed by atoms with E-state index in [2.05, 4.69) is 10.6 Å². The number of nitrogens with one attached hydrogen (secondary N) is 2. The second kappa shape index (κ2) is 8.37. The van der Waals surface area contributed by atoms with E-state index in [9.17, 15) is 9.59 Å². The fourth-order valence-electron chi connectivity index (χ4n) is 1.34. The molecular formula is C13H17ClN2O3. The Kier molecular flexibility index (Phi) is 6.74. The first-order chi connectivity index (χ1) is 9.15. The van der Waals surface area contributed by atoms with Crippen LogP contribution in [0.5, 0.6) is 5.75 Å². The highest BCUT2D eigenvalue weighted by Gasteiger charge is 2.04. The number of anilines is 1. The number of hydrogen-bond donors (Lipinski definition) is 2. The van der Waals surface area contributed by atoms with E-state index < -0.39 is 0 Å². The van der Waals surface area contributed by atoms with Gasteiger partial charge in [0.1, 0.15) is 5.75 Å². The van der Waals surface area contributed by atoms with Gasteiger partial charge in [-0.3, -0.25) is 9.59 Å². The number of amides is 2. The summed E-state index contributed by atoms with van der Waals surface area (Å²) in [5.74, 6) is 0.683. The standard InChI is InChI=1S/C13H17ClN2O3/c1-15-13(18)9-19-11-5-2-4-10(8-11)16-12(17)6-3-7-14/h2,4-5,8H,3,6-7,9H2,1H3,(H,15,18)(H,16,17). The van der Waals surface area contributed by atoms with Gasteiger partial charge >= 0.3 is 0 Å². The summed E-state index contributed by atoms with van der Waals surface area (Å²) in [6.45, 7) is -0.0554. The monoisotopic (exact) mass is 284 g/mol. The molecule has 0 heterocycles. The molecule has 1 aromatic rings. The first-order valence-electron chi connectivity index (χ1n) is 5.95. The van der Waals surface area contributed by atoms with Crippen molar-refractivity contribution in [3.8, 4) is 5.75 Å². The van der Waals surface area contributed by atoms with Crippen molar-refractivity contribution >= 4 is 29.1 Å². The summed E-state index contributed by atoms with van der Waals surface area (Å²) in [5, 5.41) is 5.20. The summed E-state index contributed by atoms with van der Waals surface area (Å²) in [5.41, 5.74) is 0.633. The normalized spacial score (nSPS) is 9.79. The number of benzene rings is 1. The quantitative estimate of drug-likeness (QED) is 0.750. The lowest BCUT2D eigenvalue weighted by molar-refractivity contribution is -0.122. The highest BCUT2D eigenvalue weighted by Crippen LogP contribution is 2.17. The zero-order valence-electron chi connectivity index (χ0n) is 10.7. The van der Waals surface area contributed by atoms with Crippen molar-refractivity contribution in [2.24, 2.45) is 0 Å². The zero-order valence-corrected chi connectivity index (χ0v) is 11.5. The van der Waals surface area contributed by atoms with Crippen molar-refractivity contribution in [3.63, 3.8) is 0 Å². The molecule has 0 bridgehead atoms. The number of rotatable bonds is 7. The molecule has 0 atom stereocenters. The van der Waals surface area contributed by atoms with E-state index >= 15 is 0 Å². The number of hydrogen-bond acceptors (Lipinski definition) is 3. The molecule has 0 aliphatic carbocycles. The number of halogens is 1. The summed E-state index contributed by atoms with van der Waals surface area (Å²) >= 11 is 5.52. The fourth-order valence-corrected chi connectivity index (χ4v) is 1.47. The molecule has 104 valence electrons. The predicted molar refractivity (Wildman–Crippen MR) is 74.6 cm³/mol. The Morgan fingerprint density at radius 2 is 2.11 bits per heavy atom. The van der Waals surface area contributed by atoms with Gasteiger partial charge in [0.25, 0.3) is 5.91 Å². The zero-order chi connectivity index (χ0) is 14.1. The second-order valence-electron chi connectivity index (χ2n) is 3.83. The number of alkyl halides is 1. The lowest BCUT2D eigenvalue weighted by Crippen LogP contribution is -2.24. The van der Waals surface area contributed by atoms with Crippen molar-refractivity contribution in [1.29, 1.82) is 0 Å². The second-order valence-corrected chi connectivity index (χ2v) is 4.21. The number of carbonyl (C=O) groups is 2. The minimum atomic E-state index is -0.212. The molecular weight excluding hydrogens is 268 g/mol. The van der Waals surface area contributed by atoms with Gasteiger partial charge in [-0.2, -0.15) is 0 Å². The topological polar surface area (TPSA) is 67.4 Å². The van der Waals surface area contributed by atoms with Crippen LogP contribution in [0.25, 0.3) is 0 Å². The van der Waals surface area contributed by atoms with Crippen LogP contribution in [0.1, 0.15) is 12.8 Å². The van der Waals surface area contributed by atoms with Gasteiger partial charge in [-0.05, 0) is 18.6 Å². The lowest BCUT2D eigenvalue weighted by Gasteiger charge is -2.08. The van der Waals surface area contributed by atoms with Crippen molar-refractivity contribution in [2.45, 2.75) is 12.8 Å². The van der Waals surface area contributed by atoms with Crippen LogP contribution in [-0.4, -0.2) is 31.3 Å². The van der Waals surface area contributed by atoms with Crippen molar-refractivity contribution < 1.29 is 14.3 Å². The van der Waals surface area contributed by atoms with Crippen LogP contribution in [0.3, 0.4) is 0 Å². The van der Waals surface area contributed by atoms with Crippen molar-refractivity contribution in [3.05, 3.63) is 24.3 Å². The van der Waals surface area contributed by atoms with Crippen LogP contribution < -0.4 is 15.4 Å². The molecule has 0 unspecified atom stereocenters. The van der Waals surface area contributed by atoms with Crippen LogP contribution in [0.2, 0.25) is 0 Å². The molecule has 19 heavy (non-hydrogen) atoms. The SMILES string of the molecule is CNC(=O)COc1cccc(NC(=O)CCCCl)c1. The fraction of sp³-hybridized carbons (Fsp3) is 0.385. The molecule has 0 saturated heterocycles. The first-order valence-corrected chi connectivity index (χ1v) is 6.48. The van der Waals surface area contributed by atoms with E-state index in [1.807, 2.05) is 0 Å². The average molecular weight is 285 g/mol. The average Bonchev–Trinajstić information content (AvgIpc) is 2.43. The first kappa shape index (κ1) is 15.3. The van der Waals surface area contributed by atoms with Gasteiger partial charge < -0.3 is 15.4 Å². The molecule has 6 heteroatoms. The molecule has 0 spiro atoms. The minimum Gasteiger partial charge on any atom is -0.484 e. The van der Waals surface area contributed by atoms with Crippen LogP contribution in [0, 0.1) is 0 Å². The molecule has 1 rings (SSSR count). The van der Waals surface area contributed by atoms with E-state index in [0.717, 1.165) is 0 Å². The smallest absolute Gasteiger partial charge is 0.257 e. The number of carbonyl (C=O) groups excluding carboxylic acids is 2. The van der Waals surface area contributed by atoms with E-state index in [1.54, 1.807) is 31.3 Å². The van der Waals surface area contributed by atoms with E-state index in [-0.39, 0.29) is 18.4 Å². The van der Waals surface area contributed by atoms with Gasteiger partial charge in [0, 0.05) is 31.1 Å². The Balaban J connectivity index is 2.51. The third-order valence-corrected chi connectivity index (χ3v) is 2.57. The molecule has 2 N–H and O–H groups in total. The molecule has 0 aliphatic heterocycles. The molecule has 0 saturated carbocycles. The maximum absolute atomic E-state index is 11.5. The molecule has 0 aromatic heterocycles. The molecule has 1 aromatic carbocycles. The highest BCUT2D eigenvalue weighted by atomic mass is 35.5. The van der Waals surface area contributed by atoms with Crippen LogP contribution >= 0.6 is 11.6 Å². The maximum Gasteiger partial charge on any atom is 0.257 e. The van der Waals surface area contributed by atoms with E-state index in [1.165, 1.54) is 0 Å². The van der Waals surface area contributed by atoms with Gasteiger partial charge in [-0.1, -0.05) is 6.07 Å². The summed E-state index contributed by atoms with van der Waals surface area (Å²) in [6.07, 6.45) is 1.02. The van der Waals surface area contributed by atoms with Crippen molar-refractivity contribution in [2.75, 3.05) is 24.9 Å². The van der Waals surface area contributed by atoms with Crippen LogP contribution in [0.4, 0.5) is 5.69 Å². The van der Waals surface area contributed by atoms with Gasteiger partial charge in [0.05, 0.1) is 0 Å². The molecule has 0 fully saturated rings. The molecule has 2 amide bonds. The number of ether oxygens (including phenoxy) is 1. The van der Waals surface area contributed by atoms with Crippen molar-refractivity contribution in [1.82, 2.24) is 5.32 Å². The van der Waals surface area contributed by atoms with E-state index in [0.29, 0.717) is 30.2 Å². The third-order valence-electron chi connectivity index (χ3n) is 2.30. The Labute approximate surface area is 117 Å². The van der Waals surface area contributed by atoms with Gasteiger partial charge in [-0.15, -0.1) is 11.6 Å². The Bertz CT molecular complexity index is 438. The van der Waals surface area contributed by atoms with E-state index in [4.69, 9.17) is 16.3 Å². The molecule has 0 aliphatic rings. The Hall–Kier alpha value is -1.75. The summed E-state index contributed by atoms with van der Waals surface area (Å²) in [6, 6.07) is 6.89. The Morgan fingerprint density at radius 1 is 1.32 bits per heavy atom. The van der Waals surface area contributed by atoms with Crippen LogP contribution in [0.15, 0.2) is 24.3 Å². The summed E-state index contributed by atoms with van der Waals surface area (Å²) in [4.78, 5) is 22.6. The lowest BCUT2D eigenvalue weighted by atomic mass is 10.2. The van der Waals surface area contributed by atoms with Crippen LogP contribution in [-0.2, 0) is 9.59 Å². The number of likely N-dealkylation sites (N-methyl/N-ethyl adjacent to an activating group) is 1. The molecule has 5 nitrogen and oxygen atoms in total. The maximum atomic E-state index is 11.5. The summed E-state index contributed by atoms with van der Waals surface area (Å²) < 4.78 is 5.28. The summed E-state index contributed by atoms with van der Waals surface area (Å²) in [7, 11) is 1.54. The van der Waals surface area contributed by atoms with Gasteiger partial charge in [0.15, 0.2) is 6.61 Å². The van der Waals surface area contributed by atoms with Gasteiger partial charge in [0.2, 0.25) is 5.91 Å². The Morgan fingerprint density at radius 3 is 2.79 bits per heavy atom.